The van der Waals surface area contributed by atoms with Gasteiger partial charge in [0.05, 0.1) is 17.5 Å². The molecule has 0 unspecified atom stereocenters. The molecule has 0 saturated heterocycles. The lowest BCUT2D eigenvalue weighted by molar-refractivity contribution is -0.122. The Hall–Kier alpha value is -3.76. The standard InChI is InChI=1S/C29H33ClFN7O2/c1-29(2,3)25(28(40)36(5)23-17-37-13-7-6-9-22(37)32-23)34-27(39)24-21-16-35(4)12-8-14-38(21)26(33-24)19-15-18(30)10-11-20(19)31/h6-7,9-11,13,15,17,25H,8,12,14,16H2,1-5H3,(H,34,39)/t25-/m1/s1. The van der Waals surface area contributed by atoms with Gasteiger partial charge in [0.25, 0.3) is 11.8 Å². The summed E-state index contributed by atoms with van der Waals surface area (Å²) in [6, 6.07) is 9.02. The van der Waals surface area contributed by atoms with Gasteiger partial charge in [-0.15, -0.1) is 0 Å². The van der Waals surface area contributed by atoms with E-state index in [4.69, 9.17) is 11.6 Å². The van der Waals surface area contributed by atoms with Gasteiger partial charge in [-0.25, -0.2) is 14.4 Å². The number of imidazole rings is 2. The van der Waals surface area contributed by atoms with Crippen LogP contribution in [0.5, 0.6) is 0 Å². The van der Waals surface area contributed by atoms with Crippen LogP contribution in [-0.2, 0) is 17.9 Å². The first-order chi connectivity index (χ1) is 18.9. The topological polar surface area (TPSA) is 87.8 Å². The second-order valence-electron chi connectivity index (χ2n) is 11.3. The van der Waals surface area contributed by atoms with Crippen molar-refractivity contribution in [3.8, 4) is 11.4 Å². The first-order valence-electron chi connectivity index (χ1n) is 13.2. The van der Waals surface area contributed by atoms with Crippen LogP contribution >= 0.6 is 11.6 Å². The van der Waals surface area contributed by atoms with Crippen molar-refractivity contribution in [2.24, 2.45) is 5.41 Å². The Kier molecular flexibility index (Phi) is 7.41. The quantitative estimate of drug-likeness (QED) is 0.381. The van der Waals surface area contributed by atoms with Gasteiger partial charge in [-0.05, 0) is 55.8 Å². The van der Waals surface area contributed by atoms with E-state index in [9.17, 15) is 14.0 Å². The molecule has 0 fully saturated rings. The number of amides is 2. The van der Waals surface area contributed by atoms with Gasteiger partial charge in [0.15, 0.2) is 11.5 Å². The van der Waals surface area contributed by atoms with Gasteiger partial charge in [-0.2, -0.15) is 0 Å². The largest absolute Gasteiger partial charge is 0.338 e. The molecule has 0 spiro atoms. The summed E-state index contributed by atoms with van der Waals surface area (Å²) in [7, 11) is 3.61. The fourth-order valence-corrected chi connectivity index (χ4v) is 5.19. The first-order valence-corrected chi connectivity index (χ1v) is 13.6. The summed E-state index contributed by atoms with van der Waals surface area (Å²) in [5.41, 5.74) is 1.14. The molecule has 9 nitrogen and oxygen atoms in total. The highest BCUT2D eigenvalue weighted by molar-refractivity contribution is 6.30. The van der Waals surface area contributed by atoms with Crippen LogP contribution in [0, 0.1) is 11.2 Å². The van der Waals surface area contributed by atoms with Gasteiger partial charge in [0.1, 0.15) is 23.3 Å². The molecule has 0 saturated carbocycles. The van der Waals surface area contributed by atoms with Crippen molar-refractivity contribution < 1.29 is 14.0 Å². The second kappa shape index (κ2) is 10.7. The van der Waals surface area contributed by atoms with E-state index in [2.05, 4.69) is 20.2 Å². The van der Waals surface area contributed by atoms with Crippen LogP contribution in [0.15, 0.2) is 48.8 Å². The zero-order valence-corrected chi connectivity index (χ0v) is 24.0. The van der Waals surface area contributed by atoms with E-state index in [1.807, 2.05) is 61.2 Å². The number of carbonyl (C=O) groups excluding carboxylic acids is 2. The minimum absolute atomic E-state index is 0.167. The Morgan fingerprint density at radius 1 is 1.15 bits per heavy atom. The van der Waals surface area contributed by atoms with E-state index in [-0.39, 0.29) is 17.2 Å². The van der Waals surface area contributed by atoms with Crippen LogP contribution in [0.4, 0.5) is 10.2 Å². The number of pyridine rings is 1. The number of rotatable bonds is 5. The SMILES string of the molecule is CN1CCCn2c(-c3cc(Cl)ccc3F)nc(C(=O)N[C@H](C(=O)N(C)c3cn4ccccc4n3)C(C)(C)C)c2C1. The molecule has 1 N–H and O–H groups in total. The van der Waals surface area contributed by atoms with Crippen LogP contribution in [-0.4, -0.2) is 62.3 Å². The molecule has 2 amide bonds. The zero-order valence-electron chi connectivity index (χ0n) is 23.3. The highest BCUT2D eigenvalue weighted by Gasteiger charge is 2.37. The number of anilines is 1. The van der Waals surface area contributed by atoms with Gasteiger partial charge >= 0.3 is 0 Å². The molecule has 1 aliphatic heterocycles. The summed E-state index contributed by atoms with van der Waals surface area (Å²) in [5.74, 6) is -0.470. The number of hydrogen-bond donors (Lipinski definition) is 1. The lowest BCUT2D eigenvalue weighted by Crippen LogP contribution is -2.54. The molecular formula is C29H33ClFN7O2. The minimum atomic E-state index is -0.887. The van der Waals surface area contributed by atoms with Crippen LogP contribution in [0.2, 0.25) is 5.02 Å². The summed E-state index contributed by atoms with van der Waals surface area (Å²) in [5, 5.41) is 3.33. The third-order valence-corrected chi connectivity index (χ3v) is 7.45. The van der Waals surface area contributed by atoms with Crippen molar-refractivity contribution in [3.63, 3.8) is 0 Å². The number of nitrogens with zero attached hydrogens (tertiary/aromatic N) is 6. The Balaban J connectivity index is 1.51. The minimum Gasteiger partial charge on any atom is -0.338 e. The highest BCUT2D eigenvalue weighted by atomic mass is 35.5. The smallest absolute Gasteiger partial charge is 0.272 e. The van der Waals surface area contributed by atoms with Crippen LogP contribution in [0.1, 0.15) is 43.4 Å². The Morgan fingerprint density at radius 3 is 2.65 bits per heavy atom. The van der Waals surface area contributed by atoms with E-state index in [1.54, 1.807) is 13.2 Å². The van der Waals surface area contributed by atoms with E-state index in [0.29, 0.717) is 41.1 Å². The number of carbonyl (C=O) groups is 2. The number of benzene rings is 1. The third kappa shape index (κ3) is 5.33. The molecule has 40 heavy (non-hydrogen) atoms. The highest BCUT2D eigenvalue weighted by Crippen LogP contribution is 2.31. The third-order valence-electron chi connectivity index (χ3n) is 7.21. The number of nitrogens with one attached hydrogen (secondary N) is 1. The zero-order chi connectivity index (χ0) is 28.8. The van der Waals surface area contributed by atoms with Crippen LogP contribution in [0.25, 0.3) is 17.0 Å². The fraction of sp³-hybridized carbons (Fsp3) is 0.379. The lowest BCUT2D eigenvalue weighted by atomic mass is 9.85. The number of aromatic nitrogens is 4. The number of halogens is 2. The molecule has 3 aromatic heterocycles. The van der Waals surface area contributed by atoms with Crippen molar-refractivity contribution in [2.45, 2.75) is 46.3 Å². The van der Waals surface area contributed by atoms with E-state index >= 15 is 0 Å². The maximum absolute atomic E-state index is 14.9. The Morgan fingerprint density at radius 2 is 1.93 bits per heavy atom. The van der Waals surface area contributed by atoms with Crippen molar-refractivity contribution in [1.82, 2.24) is 29.2 Å². The summed E-state index contributed by atoms with van der Waals surface area (Å²) >= 11 is 6.19. The first kappa shape index (κ1) is 27.8. The molecule has 0 bridgehead atoms. The monoisotopic (exact) mass is 565 g/mol. The summed E-state index contributed by atoms with van der Waals surface area (Å²) in [4.78, 5) is 40.4. The second-order valence-corrected chi connectivity index (χ2v) is 11.8. The number of fused-ring (bicyclic) bond motifs is 2. The van der Waals surface area contributed by atoms with E-state index < -0.39 is 23.2 Å². The average molecular weight is 566 g/mol. The molecule has 11 heteroatoms. The normalized spacial score (nSPS) is 15.0. The van der Waals surface area contributed by atoms with Crippen LogP contribution in [0.3, 0.4) is 0 Å². The molecule has 0 aliphatic carbocycles. The fourth-order valence-electron chi connectivity index (χ4n) is 5.01. The van der Waals surface area contributed by atoms with Crippen molar-refractivity contribution in [3.05, 3.63) is 71.0 Å². The van der Waals surface area contributed by atoms with Gasteiger partial charge in [-0.1, -0.05) is 38.4 Å². The van der Waals surface area contributed by atoms with Crippen molar-refractivity contribution >= 4 is 34.9 Å². The molecule has 1 aromatic carbocycles. The molecule has 1 atom stereocenters. The number of hydrogen-bond acceptors (Lipinski definition) is 5. The maximum Gasteiger partial charge on any atom is 0.272 e. The van der Waals surface area contributed by atoms with Gasteiger partial charge < -0.3 is 19.2 Å². The Bertz CT molecular complexity index is 1560. The molecule has 1 aliphatic rings. The molecule has 4 heterocycles. The molecule has 4 aromatic rings. The predicted octanol–water partition coefficient (Wildman–Crippen LogP) is 4.63. The summed E-state index contributed by atoms with van der Waals surface area (Å²) < 4.78 is 18.7. The van der Waals surface area contributed by atoms with E-state index in [1.165, 1.54) is 23.1 Å². The molecular weight excluding hydrogens is 533 g/mol. The van der Waals surface area contributed by atoms with Crippen LogP contribution < -0.4 is 10.2 Å². The van der Waals surface area contributed by atoms with Gasteiger partial charge in [0.2, 0.25) is 0 Å². The molecule has 210 valence electrons. The number of likely N-dealkylation sites (N-methyl/N-ethyl adjacent to an activating group) is 1. The van der Waals surface area contributed by atoms with Crippen molar-refractivity contribution in [1.29, 1.82) is 0 Å². The summed E-state index contributed by atoms with van der Waals surface area (Å²) in [6.45, 7) is 7.50. The van der Waals surface area contributed by atoms with Gasteiger partial charge in [0, 0.05) is 31.4 Å². The summed E-state index contributed by atoms with van der Waals surface area (Å²) in [6.07, 6.45) is 4.43. The predicted molar refractivity (Wildman–Crippen MR) is 153 cm³/mol. The van der Waals surface area contributed by atoms with Gasteiger partial charge in [-0.3, -0.25) is 14.5 Å². The Labute approximate surface area is 237 Å². The van der Waals surface area contributed by atoms with Crippen molar-refractivity contribution in [2.75, 3.05) is 25.5 Å². The van der Waals surface area contributed by atoms with E-state index in [0.717, 1.165) is 13.0 Å². The average Bonchev–Trinajstić information content (AvgIpc) is 3.43. The lowest BCUT2D eigenvalue weighted by Gasteiger charge is -2.32. The molecule has 5 rings (SSSR count). The maximum atomic E-state index is 14.9. The molecule has 0 radical (unpaired) electrons.